The van der Waals surface area contributed by atoms with Crippen LogP contribution < -0.4 is 5.76 Å². The van der Waals surface area contributed by atoms with E-state index in [0.717, 1.165) is 0 Å². The van der Waals surface area contributed by atoms with E-state index in [2.05, 4.69) is 14.7 Å². The lowest BCUT2D eigenvalue weighted by Crippen LogP contribution is -1.98. The van der Waals surface area contributed by atoms with E-state index in [0.29, 0.717) is 5.82 Å². The Morgan fingerprint density at radius 2 is 2.50 bits per heavy atom. The average molecular weight is 160 g/mol. The molecule has 0 aliphatic rings. The van der Waals surface area contributed by atoms with Crippen LogP contribution in [0.5, 0.6) is 0 Å². The number of hydrogen-bond donors (Lipinski definition) is 1. The van der Waals surface area contributed by atoms with Gasteiger partial charge in [0, 0.05) is 0 Å². The normalized spacial score (nSPS) is 13.4. The molecular formula is C5H8N2O2S. The molecule has 1 heterocycles. The van der Waals surface area contributed by atoms with E-state index in [-0.39, 0.29) is 5.25 Å². The Labute approximate surface area is 62.0 Å². The van der Waals surface area contributed by atoms with E-state index in [4.69, 9.17) is 0 Å². The maximum Gasteiger partial charge on any atom is 0.438 e. The third-order valence-electron chi connectivity index (χ3n) is 1.20. The van der Waals surface area contributed by atoms with Crippen LogP contribution in [-0.2, 0) is 0 Å². The SMILES string of the molecule is CSC(C)c1noc(=O)[nH]1. The van der Waals surface area contributed by atoms with Crippen LogP contribution in [0.4, 0.5) is 0 Å². The summed E-state index contributed by atoms with van der Waals surface area (Å²) in [6, 6.07) is 0. The van der Waals surface area contributed by atoms with Crippen LogP contribution in [0.25, 0.3) is 0 Å². The van der Waals surface area contributed by atoms with Gasteiger partial charge >= 0.3 is 5.76 Å². The largest absolute Gasteiger partial charge is 0.438 e. The van der Waals surface area contributed by atoms with Crippen molar-refractivity contribution in [3.8, 4) is 0 Å². The molecule has 0 fully saturated rings. The summed E-state index contributed by atoms with van der Waals surface area (Å²) < 4.78 is 4.31. The highest BCUT2D eigenvalue weighted by molar-refractivity contribution is 7.98. The van der Waals surface area contributed by atoms with E-state index < -0.39 is 5.76 Å². The molecule has 1 rings (SSSR count). The van der Waals surface area contributed by atoms with Crippen LogP contribution >= 0.6 is 11.8 Å². The number of thioether (sulfide) groups is 1. The molecule has 0 amide bonds. The van der Waals surface area contributed by atoms with Gasteiger partial charge in [-0.05, 0) is 13.2 Å². The molecule has 0 bridgehead atoms. The van der Waals surface area contributed by atoms with Gasteiger partial charge in [0.15, 0.2) is 5.82 Å². The minimum Gasteiger partial charge on any atom is -0.296 e. The lowest BCUT2D eigenvalue weighted by atomic mass is 10.5. The van der Waals surface area contributed by atoms with E-state index >= 15 is 0 Å². The van der Waals surface area contributed by atoms with E-state index in [1.165, 1.54) is 0 Å². The van der Waals surface area contributed by atoms with Crippen LogP contribution in [0.2, 0.25) is 0 Å². The van der Waals surface area contributed by atoms with Crippen LogP contribution in [-0.4, -0.2) is 16.4 Å². The molecule has 1 N–H and O–H groups in total. The number of aromatic nitrogens is 2. The van der Waals surface area contributed by atoms with Gasteiger partial charge in [-0.15, -0.1) is 0 Å². The summed E-state index contributed by atoms with van der Waals surface area (Å²) in [7, 11) is 0. The highest BCUT2D eigenvalue weighted by atomic mass is 32.2. The molecule has 10 heavy (non-hydrogen) atoms. The quantitative estimate of drug-likeness (QED) is 0.694. The number of hydrogen-bond acceptors (Lipinski definition) is 4. The van der Waals surface area contributed by atoms with Gasteiger partial charge in [-0.25, -0.2) is 4.79 Å². The van der Waals surface area contributed by atoms with Crippen LogP contribution in [0.3, 0.4) is 0 Å². The van der Waals surface area contributed by atoms with Gasteiger partial charge in [-0.1, -0.05) is 5.16 Å². The highest BCUT2D eigenvalue weighted by Crippen LogP contribution is 2.20. The first-order valence-electron chi connectivity index (χ1n) is 2.82. The van der Waals surface area contributed by atoms with E-state index in [1.54, 1.807) is 11.8 Å². The van der Waals surface area contributed by atoms with Gasteiger partial charge in [0.05, 0.1) is 5.25 Å². The molecule has 0 aliphatic carbocycles. The molecule has 4 nitrogen and oxygen atoms in total. The first kappa shape index (κ1) is 7.40. The third kappa shape index (κ3) is 1.41. The molecule has 1 unspecified atom stereocenters. The maximum absolute atomic E-state index is 10.4. The number of nitrogens with zero attached hydrogens (tertiary/aromatic N) is 1. The lowest BCUT2D eigenvalue weighted by Gasteiger charge is -1.98. The third-order valence-corrected chi connectivity index (χ3v) is 2.13. The van der Waals surface area contributed by atoms with Gasteiger partial charge < -0.3 is 0 Å². The Balaban J connectivity index is 2.84. The van der Waals surface area contributed by atoms with Crippen molar-refractivity contribution in [3.05, 3.63) is 16.4 Å². The molecule has 0 aromatic carbocycles. The summed E-state index contributed by atoms with van der Waals surface area (Å²) in [4.78, 5) is 12.9. The van der Waals surface area contributed by atoms with Gasteiger partial charge in [0.1, 0.15) is 0 Å². The Morgan fingerprint density at radius 1 is 1.80 bits per heavy atom. The molecule has 1 aromatic rings. The topological polar surface area (TPSA) is 58.9 Å². The van der Waals surface area contributed by atoms with Crippen LogP contribution in [0.1, 0.15) is 18.0 Å². The van der Waals surface area contributed by atoms with Crippen molar-refractivity contribution < 1.29 is 4.52 Å². The number of nitrogens with one attached hydrogen (secondary N) is 1. The Hall–Kier alpha value is -0.710. The molecule has 56 valence electrons. The zero-order chi connectivity index (χ0) is 7.56. The average Bonchev–Trinajstić information content (AvgIpc) is 2.34. The van der Waals surface area contributed by atoms with Gasteiger partial charge in [-0.3, -0.25) is 9.51 Å². The lowest BCUT2D eigenvalue weighted by molar-refractivity contribution is 0.381. The monoisotopic (exact) mass is 160 g/mol. The molecule has 0 radical (unpaired) electrons. The maximum atomic E-state index is 10.4. The first-order valence-corrected chi connectivity index (χ1v) is 4.11. The van der Waals surface area contributed by atoms with Crippen LogP contribution in [0, 0.1) is 0 Å². The van der Waals surface area contributed by atoms with Crippen molar-refractivity contribution in [3.63, 3.8) is 0 Å². The van der Waals surface area contributed by atoms with Gasteiger partial charge in [0.25, 0.3) is 0 Å². The summed E-state index contributed by atoms with van der Waals surface area (Å²) in [5, 5.41) is 3.71. The van der Waals surface area contributed by atoms with Crippen LogP contribution in [0.15, 0.2) is 9.32 Å². The zero-order valence-electron chi connectivity index (χ0n) is 5.75. The van der Waals surface area contributed by atoms with Crippen molar-refractivity contribution in [2.75, 3.05) is 6.26 Å². The fourth-order valence-corrected chi connectivity index (χ4v) is 0.854. The standard InChI is InChI=1S/C5H8N2O2S/c1-3(10-2)4-6-5(8)9-7-4/h3H,1-2H3,(H,6,7,8). The fourth-order valence-electron chi connectivity index (χ4n) is 0.528. The smallest absolute Gasteiger partial charge is 0.296 e. The van der Waals surface area contributed by atoms with Crippen molar-refractivity contribution in [2.24, 2.45) is 0 Å². The predicted molar refractivity (Wildman–Crippen MR) is 39.1 cm³/mol. The summed E-state index contributed by atoms with van der Waals surface area (Å²) in [5.41, 5.74) is 0. The zero-order valence-corrected chi connectivity index (χ0v) is 6.57. The molecule has 0 saturated carbocycles. The van der Waals surface area contributed by atoms with E-state index in [1.807, 2.05) is 13.2 Å². The second kappa shape index (κ2) is 2.92. The molecule has 0 aliphatic heterocycles. The summed E-state index contributed by atoms with van der Waals surface area (Å²) in [5.74, 6) is 0.105. The van der Waals surface area contributed by atoms with Gasteiger partial charge in [-0.2, -0.15) is 11.8 Å². The minimum absolute atomic E-state index is 0.187. The molecule has 1 atom stereocenters. The Kier molecular flexibility index (Phi) is 2.16. The highest BCUT2D eigenvalue weighted by Gasteiger charge is 2.07. The Bertz CT molecular complexity index is 254. The summed E-state index contributed by atoms with van der Waals surface area (Å²) in [6.07, 6.45) is 1.94. The first-order chi connectivity index (χ1) is 4.74. The number of rotatable bonds is 2. The minimum atomic E-state index is -0.490. The second-order valence-corrected chi connectivity index (χ2v) is 3.04. The van der Waals surface area contributed by atoms with Crippen molar-refractivity contribution in [1.82, 2.24) is 10.1 Å². The van der Waals surface area contributed by atoms with Crippen molar-refractivity contribution in [2.45, 2.75) is 12.2 Å². The van der Waals surface area contributed by atoms with E-state index in [9.17, 15) is 4.79 Å². The Morgan fingerprint density at radius 3 is 2.90 bits per heavy atom. The summed E-state index contributed by atoms with van der Waals surface area (Å²) in [6.45, 7) is 1.94. The molecule has 0 saturated heterocycles. The van der Waals surface area contributed by atoms with Gasteiger partial charge in [0.2, 0.25) is 0 Å². The molecule has 5 heteroatoms. The summed E-state index contributed by atoms with van der Waals surface area (Å²) >= 11 is 1.60. The number of H-pyrrole nitrogens is 1. The molecule has 1 aromatic heterocycles. The fraction of sp³-hybridized carbons (Fsp3) is 0.600. The van der Waals surface area contributed by atoms with Crippen molar-refractivity contribution >= 4 is 11.8 Å². The number of aromatic amines is 1. The second-order valence-electron chi connectivity index (χ2n) is 1.86. The predicted octanol–water partition coefficient (Wildman–Crippen LogP) is 0.787. The van der Waals surface area contributed by atoms with Crippen molar-refractivity contribution in [1.29, 1.82) is 0 Å². The molecular weight excluding hydrogens is 152 g/mol. The molecule has 0 spiro atoms.